The topological polar surface area (TPSA) is 66.5 Å². The largest absolute Gasteiger partial charge is 0.352 e. The molecule has 0 aromatic heterocycles. The van der Waals surface area contributed by atoms with Gasteiger partial charge in [0.15, 0.2) is 0 Å². The van der Waals surface area contributed by atoms with Crippen LogP contribution in [0.25, 0.3) is 0 Å². The van der Waals surface area contributed by atoms with E-state index in [0.717, 1.165) is 5.56 Å². The standard InChI is InChI=1S/C20H25ClN2O3S/c1-4-23(27(25,26)19-11-9-18(21)10-12-19)14-16-5-7-17(8-6-16)20(24)22-13-15(2)3/h5-12,15H,4,13-14H2,1-3H3,(H,22,24). The van der Waals surface area contributed by atoms with Crippen molar-refractivity contribution >= 4 is 27.5 Å². The van der Waals surface area contributed by atoms with E-state index in [1.165, 1.54) is 16.4 Å². The monoisotopic (exact) mass is 408 g/mol. The Labute approximate surface area is 166 Å². The Morgan fingerprint density at radius 3 is 2.19 bits per heavy atom. The van der Waals surface area contributed by atoms with E-state index in [1.807, 2.05) is 13.8 Å². The molecule has 0 heterocycles. The first kappa shape index (κ1) is 21.4. The van der Waals surface area contributed by atoms with E-state index in [4.69, 9.17) is 11.6 Å². The second-order valence-electron chi connectivity index (χ2n) is 6.69. The van der Waals surface area contributed by atoms with E-state index < -0.39 is 10.0 Å². The van der Waals surface area contributed by atoms with Gasteiger partial charge in [0.05, 0.1) is 4.90 Å². The Balaban J connectivity index is 2.12. The molecule has 0 bridgehead atoms. The first-order chi connectivity index (χ1) is 12.7. The predicted octanol–water partition coefficient (Wildman–Crippen LogP) is 3.94. The van der Waals surface area contributed by atoms with Crippen LogP contribution in [0.2, 0.25) is 5.02 Å². The molecule has 2 rings (SSSR count). The number of hydrogen-bond acceptors (Lipinski definition) is 3. The summed E-state index contributed by atoms with van der Waals surface area (Å²) in [7, 11) is -3.62. The molecule has 1 N–H and O–H groups in total. The molecule has 0 saturated carbocycles. The summed E-state index contributed by atoms with van der Waals surface area (Å²) < 4.78 is 27.0. The number of nitrogens with one attached hydrogen (secondary N) is 1. The average Bonchev–Trinajstić information content (AvgIpc) is 2.64. The summed E-state index contributed by atoms with van der Waals surface area (Å²) in [5.41, 5.74) is 1.37. The highest BCUT2D eigenvalue weighted by atomic mass is 35.5. The zero-order valence-electron chi connectivity index (χ0n) is 15.8. The molecule has 5 nitrogen and oxygen atoms in total. The van der Waals surface area contributed by atoms with E-state index in [1.54, 1.807) is 43.3 Å². The van der Waals surface area contributed by atoms with Gasteiger partial charge >= 0.3 is 0 Å². The molecule has 0 aliphatic heterocycles. The van der Waals surface area contributed by atoms with Gasteiger partial charge in [-0.25, -0.2) is 8.42 Å². The fourth-order valence-electron chi connectivity index (χ4n) is 2.49. The smallest absolute Gasteiger partial charge is 0.251 e. The number of carbonyl (C=O) groups excluding carboxylic acids is 1. The third kappa shape index (κ3) is 5.79. The Morgan fingerprint density at radius 1 is 1.07 bits per heavy atom. The van der Waals surface area contributed by atoms with Crippen LogP contribution in [0, 0.1) is 5.92 Å². The van der Waals surface area contributed by atoms with Gasteiger partial charge in [-0.1, -0.05) is 44.5 Å². The predicted molar refractivity (Wildman–Crippen MR) is 108 cm³/mol. The molecule has 0 unspecified atom stereocenters. The van der Waals surface area contributed by atoms with Crippen molar-refractivity contribution in [2.75, 3.05) is 13.1 Å². The van der Waals surface area contributed by atoms with Crippen molar-refractivity contribution in [1.82, 2.24) is 9.62 Å². The normalized spacial score (nSPS) is 11.8. The maximum absolute atomic E-state index is 12.8. The van der Waals surface area contributed by atoms with Crippen molar-refractivity contribution in [3.8, 4) is 0 Å². The summed E-state index contributed by atoms with van der Waals surface area (Å²) in [5.74, 6) is 0.251. The van der Waals surface area contributed by atoms with E-state index in [0.29, 0.717) is 29.6 Å². The van der Waals surface area contributed by atoms with Crippen LogP contribution in [0.5, 0.6) is 0 Å². The van der Waals surface area contributed by atoms with Crippen LogP contribution in [0.3, 0.4) is 0 Å². The quantitative estimate of drug-likeness (QED) is 0.719. The van der Waals surface area contributed by atoms with Gasteiger partial charge in [-0.3, -0.25) is 4.79 Å². The molecular formula is C20H25ClN2O3S. The molecular weight excluding hydrogens is 384 g/mol. The van der Waals surface area contributed by atoms with Crippen molar-refractivity contribution in [2.45, 2.75) is 32.2 Å². The van der Waals surface area contributed by atoms with Crippen LogP contribution >= 0.6 is 11.6 Å². The van der Waals surface area contributed by atoms with Crippen LogP contribution in [0.1, 0.15) is 36.7 Å². The zero-order valence-corrected chi connectivity index (χ0v) is 17.3. The third-order valence-electron chi connectivity index (χ3n) is 4.05. The number of halogens is 1. The lowest BCUT2D eigenvalue weighted by Gasteiger charge is -2.21. The lowest BCUT2D eigenvalue weighted by Crippen LogP contribution is -2.30. The van der Waals surface area contributed by atoms with Gasteiger partial charge in [-0.2, -0.15) is 4.31 Å². The minimum Gasteiger partial charge on any atom is -0.352 e. The number of benzene rings is 2. The molecule has 0 aliphatic carbocycles. The highest BCUT2D eigenvalue weighted by Crippen LogP contribution is 2.20. The number of rotatable bonds is 8. The van der Waals surface area contributed by atoms with Crippen molar-refractivity contribution in [2.24, 2.45) is 5.92 Å². The number of nitrogens with zero attached hydrogens (tertiary/aromatic N) is 1. The van der Waals surface area contributed by atoms with E-state index in [2.05, 4.69) is 5.32 Å². The van der Waals surface area contributed by atoms with E-state index in [9.17, 15) is 13.2 Å². The average molecular weight is 409 g/mol. The van der Waals surface area contributed by atoms with Crippen molar-refractivity contribution in [3.63, 3.8) is 0 Å². The highest BCUT2D eigenvalue weighted by Gasteiger charge is 2.23. The van der Waals surface area contributed by atoms with Gasteiger partial charge in [-0.15, -0.1) is 0 Å². The molecule has 2 aromatic carbocycles. The highest BCUT2D eigenvalue weighted by molar-refractivity contribution is 7.89. The lowest BCUT2D eigenvalue weighted by atomic mass is 10.1. The molecule has 27 heavy (non-hydrogen) atoms. The van der Waals surface area contributed by atoms with E-state index >= 15 is 0 Å². The summed E-state index contributed by atoms with van der Waals surface area (Å²) in [6.45, 7) is 7.04. The van der Waals surface area contributed by atoms with Gasteiger partial charge in [0.2, 0.25) is 10.0 Å². The molecule has 1 amide bonds. The lowest BCUT2D eigenvalue weighted by molar-refractivity contribution is 0.0949. The Hall–Kier alpha value is -1.89. The van der Waals surface area contributed by atoms with Gasteiger partial charge in [-0.05, 0) is 47.9 Å². The number of amides is 1. The molecule has 2 aromatic rings. The molecule has 7 heteroatoms. The SMILES string of the molecule is CCN(Cc1ccc(C(=O)NCC(C)C)cc1)S(=O)(=O)c1ccc(Cl)cc1. The maximum Gasteiger partial charge on any atom is 0.251 e. The third-order valence-corrected chi connectivity index (χ3v) is 6.24. The second kappa shape index (κ2) is 9.35. The van der Waals surface area contributed by atoms with E-state index in [-0.39, 0.29) is 17.3 Å². The van der Waals surface area contributed by atoms with Crippen molar-refractivity contribution in [3.05, 3.63) is 64.7 Å². The second-order valence-corrected chi connectivity index (χ2v) is 9.06. The van der Waals surface area contributed by atoms with Crippen LogP contribution in [0.4, 0.5) is 0 Å². The summed E-state index contributed by atoms with van der Waals surface area (Å²) in [4.78, 5) is 12.3. The number of hydrogen-bond donors (Lipinski definition) is 1. The summed E-state index contributed by atoms with van der Waals surface area (Å²) in [6.07, 6.45) is 0. The minimum atomic E-state index is -3.62. The Morgan fingerprint density at radius 2 is 1.67 bits per heavy atom. The van der Waals surface area contributed by atoms with Gasteiger partial charge in [0, 0.05) is 30.2 Å². The van der Waals surface area contributed by atoms with Crippen LogP contribution in [0.15, 0.2) is 53.4 Å². The van der Waals surface area contributed by atoms with Crippen LogP contribution in [-0.2, 0) is 16.6 Å². The van der Waals surface area contributed by atoms with Crippen molar-refractivity contribution in [1.29, 1.82) is 0 Å². The number of sulfonamides is 1. The zero-order chi connectivity index (χ0) is 20.0. The van der Waals surface area contributed by atoms with Gasteiger partial charge in [0.25, 0.3) is 5.91 Å². The molecule has 0 spiro atoms. The Kier molecular flexibility index (Phi) is 7.41. The Bertz CT molecular complexity index is 863. The fourth-order valence-corrected chi connectivity index (χ4v) is 4.05. The van der Waals surface area contributed by atoms with Gasteiger partial charge < -0.3 is 5.32 Å². The first-order valence-corrected chi connectivity index (χ1v) is 10.7. The molecule has 0 radical (unpaired) electrons. The molecule has 0 saturated heterocycles. The minimum absolute atomic E-state index is 0.128. The van der Waals surface area contributed by atoms with Crippen molar-refractivity contribution < 1.29 is 13.2 Å². The molecule has 0 aliphatic rings. The maximum atomic E-state index is 12.8. The molecule has 146 valence electrons. The molecule has 0 fully saturated rings. The first-order valence-electron chi connectivity index (χ1n) is 8.87. The summed E-state index contributed by atoms with van der Waals surface area (Å²) in [6, 6.07) is 13.1. The van der Waals surface area contributed by atoms with Gasteiger partial charge in [0.1, 0.15) is 0 Å². The number of carbonyl (C=O) groups is 1. The summed E-state index contributed by atoms with van der Waals surface area (Å²) in [5, 5.41) is 3.35. The fraction of sp³-hybridized carbons (Fsp3) is 0.350. The summed E-state index contributed by atoms with van der Waals surface area (Å²) >= 11 is 5.84. The van der Waals surface area contributed by atoms with Crippen LogP contribution in [-0.4, -0.2) is 31.7 Å². The molecule has 0 atom stereocenters. The van der Waals surface area contributed by atoms with Crippen LogP contribution < -0.4 is 5.32 Å².